The maximum atomic E-state index is 10.6. The van der Waals surface area contributed by atoms with E-state index in [0.717, 1.165) is 39.1 Å². The molecule has 0 radical (unpaired) electrons. The minimum Gasteiger partial charge on any atom is -0.481 e. The van der Waals surface area contributed by atoms with Crippen LogP contribution in [0, 0.1) is 5.92 Å². The first-order chi connectivity index (χ1) is 7.74. The molecule has 2 unspecified atom stereocenters. The highest BCUT2D eigenvalue weighted by Crippen LogP contribution is 2.21. The van der Waals surface area contributed by atoms with Gasteiger partial charge in [0, 0.05) is 26.1 Å². The molecule has 2 aliphatic heterocycles. The van der Waals surface area contributed by atoms with Gasteiger partial charge in [0.25, 0.3) is 0 Å². The van der Waals surface area contributed by atoms with E-state index < -0.39 is 5.97 Å². The highest BCUT2D eigenvalue weighted by Gasteiger charge is 2.25. The van der Waals surface area contributed by atoms with Gasteiger partial charge < -0.3 is 14.7 Å². The highest BCUT2D eigenvalue weighted by atomic mass is 16.5. The molecule has 0 aromatic heterocycles. The number of aliphatic carboxylic acids is 1. The van der Waals surface area contributed by atoms with Crippen molar-refractivity contribution in [3.05, 3.63) is 0 Å². The molecule has 16 heavy (non-hydrogen) atoms. The third-order valence-corrected chi connectivity index (χ3v) is 3.62. The van der Waals surface area contributed by atoms with Gasteiger partial charge in [-0.1, -0.05) is 0 Å². The van der Waals surface area contributed by atoms with Crippen molar-refractivity contribution >= 4 is 5.97 Å². The molecule has 1 N–H and O–H groups in total. The first-order valence-electron chi connectivity index (χ1n) is 6.30. The molecule has 0 aromatic rings. The minimum absolute atomic E-state index is 0.330. The Morgan fingerprint density at radius 2 is 2.31 bits per heavy atom. The Morgan fingerprint density at radius 1 is 1.44 bits per heavy atom. The molecule has 0 amide bonds. The van der Waals surface area contributed by atoms with E-state index in [9.17, 15) is 4.79 Å². The third-order valence-electron chi connectivity index (χ3n) is 3.62. The lowest BCUT2D eigenvalue weighted by atomic mass is 10.1. The molecule has 0 saturated carbocycles. The molecule has 0 aliphatic carbocycles. The van der Waals surface area contributed by atoms with Gasteiger partial charge in [0.1, 0.15) is 0 Å². The molecule has 0 spiro atoms. The molecule has 4 heteroatoms. The Kier molecular flexibility index (Phi) is 4.18. The summed E-state index contributed by atoms with van der Waals surface area (Å²) in [5.41, 5.74) is 0. The normalized spacial score (nSPS) is 31.0. The summed E-state index contributed by atoms with van der Waals surface area (Å²) in [5, 5.41) is 8.72. The maximum absolute atomic E-state index is 10.6. The Bertz CT molecular complexity index is 238. The van der Waals surface area contributed by atoms with E-state index in [0.29, 0.717) is 18.4 Å². The highest BCUT2D eigenvalue weighted by molar-refractivity contribution is 5.67. The fourth-order valence-corrected chi connectivity index (χ4v) is 2.73. The second-order valence-corrected chi connectivity index (χ2v) is 4.98. The van der Waals surface area contributed by atoms with Crippen LogP contribution in [-0.2, 0) is 9.53 Å². The number of ether oxygens (including phenoxy) is 1. The second kappa shape index (κ2) is 5.64. The van der Waals surface area contributed by atoms with Gasteiger partial charge in [-0.3, -0.25) is 4.79 Å². The van der Waals surface area contributed by atoms with Crippen LogP contribution in [0.4, 0.5) is 0 Å². The Hall–Kier alpha value is -0.610. The van der Waals surface area contributed by atoms with Gasteiger partial charge in [-0.05, 0) is 38.1 Å². The first kappa shape index (κ1) is 11.9. The van der Waals surface area contributed by atoms with E-state index >= 15 is 0 Å². The van der Waals surface area contributed by atoms with Gasteiger partial charge in [0.2, 0.25) is 0 Å². The zero-order valence-electron chi connectivity index (χ0n) is 9.73. The van der Waals surface area contributed by atoms with Gasteiger partial charge in [-0.15, -0.1) is 0 Å². The molecule has 2 rings (SSSR count). The monoisotopic (exact) mass is 227 g/mol. The summed E-state index contributed by atoms with van der Waals surface area (Å²) < 4.78 is 5.58. The van der Waals surface area contributed by atoms with Gasteiger partial charge in [-0.25, -0.2) is 0 Å². The van der Waals surface area contributed by atoms with Crippen LogP contribution in [0.25, 0.3) is 0 Å². The quantitative estimate of drug-likeness (QED) is 0.770. The zero-order valence-corrected chi connectivity index (χ0v) is 9.73. The predicted molar refractivity (Wildman–Crippen MR) is 60.4 cm³/mol. The lowest BCUT2D eigenvalue weighted by Gasteiger charge is -2.17. The predicted octanol–water partition coefficient (Wildman–Crippen LogP) is 1.35. The molecule has 2 saturated heterocycles. The number of hydrogen-bond acceptors (Lipinski definition) is 3. The standard InChI is InChI=1S/C12H21NO3/c14-12(15)8-10-3-5-13(9-10)6-4-11-2-1-7-16-11/h10-11H,1-9H2,(H,14,15). The molecule has 4 nitrogen and oxygen atoms in total. The second-order valence-electron chi connectivity index (χ2n) is 4.98. The molecule has 2 heterocycles. The van der Waals surface area contributed by atoms with E-state index in [-0.39, 0.29) is 0 Å². The molecule has 2 fully saturated rings. The van der Waals surface area contributed by atoms with Crippen LogP contribution in [0.3, 0.4) is 0 Å². The minimum atomic E-state index is -0.661. The van der Waals surface area contributed by atoms with Gasteiger partial charge in [0.05, 0.1) is 6.10 Å². The number of rotatable bonds is 5. The molecule has 92 valence electrons. The summed E-state index contributed by atoms with van der Waals surface area (Å²) >= 11 is 0. The molecule has 0 bridgehead atoms. The number of nitrogens with zero attached hydrogens (tertiary/aromatic N) is 1. The maximum Gasteiger partial charge on any atom is 0.303 e. The SMILES string of the molecule is O=C(O)CC1CCN(CCC2CCCO2)C1. The zero-order chi connectivity index (χ0) is 11.4. The summed E-state index contributed by atoms with van der Waals surface area (Å²) in [7, 11) is 0. The average Bonchev–Trinajstić information content (AvgIpc) is 2.84. The first-order valence-corrected chi connectivity index (χ1v) is 6.30. The van der Waals surface area contributed by atoms with Crippen LogP contribution in [0.2, 0.25) is 0 Å². The lowest BCUT2D eigenvalue weighted by molar-refractivity contribution is -0.138. The molecule has 0 aromatic carbocycles. The summed E-state index contributed by atoms with van der Waals surface area (Å²) in [5.74, 6) is -0.298. The summed E-state index contributed by atoms with van der Waals surface area (Å²) in [6.45, 7) is 4.01. The number of likely N-dealkylation sites (tertiary alicyclic amines) is 1. The van der Waals surface area contributed by atoms with Crippen molar-refractivity contribution in [1.82, 2.24) is 4.90 Å². The molecule has 2 atom stereocenters. The number of carbonyl (C=O) groups is 1. The Morgan fingerprint density at radius 3 is 3.00 bits per heavy atom. The summed E-state index contributed by atoms with van der Waals surface area (Å²) in [4.78, 5) is 13.0. The number of carboxylic acids is 1. The lowest BCUT2D eigenvalue weighted by Crippen LogP contribution is -2.25. The summed E-state index contributed by atoms with van der Waals surface area (Å²) in [6, 6.07) is 0. The topological polar surface area (TPSA) is 49.8 Å². The number of carboxylic acid groups (broad SMARTS) is 1. The largest absolute Gasteiger partial charge is 0.481 e. The van der Waals surface area contributed by atoms with Crippen LogP contribution in [0.1, 0.15) is 32.1 Å². The fraction of sp³-hybridized carbons (Fsp3) is 0.917. The van der Waals surface area contributed by atoms with Gasteiger partial charge in [-0.2, -0.15) is 0 Å². The van der Waals surface area contributed by atoms with Crippen molar-refractivity contribution < 1.29 is 14.6 Å². The van der Waals surface area contributed by atoms with Crippen LogP contribution < -0.4 is 0 Å². The fourth-order valence-electron chi connectivity index (χ4n) is 2.73. The molecular weight excluding hydrogens is 206 g/mol. The van der Waals surface area contributed by atoms with Crippen LogP contribution in [-0.4, -0.2) is 48.3 Å². The van der Waals surface area contributed by atoms with Gasteiger partial charge >= 0.3 is 5.97 Å². The molecular formula is C12H21NO3. The van der Waals surface area contributed by atoms with Gasteiger partial charge in [0.15, 0.2) is 0 Å². The van der Waals surface area contributed by atoms with Crippen molar-refractivity contribution in [2.24, 2.45) is 5.92 Å². The third kappa shape index (κ3) is 3.46. The van der Waals surface area contributed by atoms with E-state index in [2.05, 4.69) is 4.90 Å². The van der Waals surface area contributed by atoms with Crippen LogP contribution in [0.15, 0.2) is 0 Å². The van der Waals surface area contributed by atoms with E-state index in [1.165, 1.54) is 12.8 Å². The van der Waals surface area contributed by atoms with Crippen molar-refractivity contribution in [2.75, 3.05) is 26.2 Å². The van der Waals surface area contributed by atoms with E-state index in [4.69, 9.17) is 9.84 Å². The van der Waals surface area contributed by atoms with Crippen molar-refractivity contribution in [3.8, 4) is 0 Å². The molecule has 2 aliphatic rings. The average molecular weight is 227 g/mol. The van der Waals surface area contributed by atoms with Crippen molar-refractivity contribution in [2.45, 2.75) is 38.2 Å². The Balaban J connectivity index is 1.62. The van der Waals surface area contributed by atoms with E-state index in [1.54, 1.807) is 0 Å². The van der Waals surface area contributed by atoms with Crippen molar-refractivity contribution in [3.63, 3.8) is 0 Å². The van der Waals surface area contributed by atoms with E-state index in [1.807, 2.05) is 0 Å². The van der Waals surface area contributed by atoms with Crippen molar-refractivity contribution in [1.29, 1.82) is 0 Å². The van der Waals surface area contributed by atoms with Crippen LogP contribution >= 0.6 is 0 Å². The smallest absolute Gasteiger partial charge is 0.303 e. The summed E-state index contributed by atoms with van der Waals surface area (Å²) in [6.07, 6.45) is 5.34. The van der Waals surface area contributed by atoms with Crippen LogP contribution in [0.5, 0.6) is 0 Å². The number of hydrogen-bond donors (Lipinski definition) is 1. The Labute approximate surface area is 96.6 Å².